The molecule has 0 spiro atoms. The standard InChI is InChI=1S/C16H14ClN3O5S/c17-13-3-1-2-4-14(13)25-9-15(21)18-19-16(22)10-26-12-7-5-11(6-8-12)20(23)24/h1-8H,9-10H2,(H,18,21)(H,19,22). The van der Waals surface area contributed by atoms with Crippen molar-refractivity contribution in [3.63, 3.8) is 0 Å². The summed E-state index contributed by atoms with van der Waals surface area (Å²) in [6.07, 6.45) is 0. The van der Waals surface area contributed by atoms with E-state index in [-0.39, 0.29) is 18.0 Å². The molecule has 136 valence electrons. The molecule has 26 heavy (non-hydrogen) atoms. The number of halogens is 1. The van der Waals surface area contributed by atoms with Crippen LogP contribution in [0.1, 0.15) is 0 Å². The van der Waals surface area contributed by atoms with Gasteiger partial charge in [0, 0.05) is 17.0 Å². The number of thioether (sulfide) groups is 1. The molecule has 2 aromatic carbocycles. The monoisotopic (exact) mass is 395 g/mol. The van der Waals surface area contributed by atoms with E-state index in [1.165, 1.54) is 23.9 Å². The summed E-state index contributed by atoms with van der Waals surface area (Å²) in [4.78, 5) is 34.1. The largest absolute Gasteiger partial charge is 0.482 e. The van der Waals surface area contributed by atoms with Crippen molar-refractivity contribution in [3.8, 4) is 5.75 Å². The molecule has 2 aromatic rings. The average Bonchev–Trinajstić information content (AvgIpc) is 2.64. The number of nitrogens with zero attached hydrogens (tertiary/aromatic N) is 1. The molecule has 0 radical (unpaired) electrons. The quantitative estimate of drug-likeness (QED) is 0.423. The van der Waals surface area contributed by atoms with Crippen molar-refractivity contribution in [2.24, 2.45) is 0 Å². The minimum absolute atomic E-state index is 0.0235. The van der Waals surface area contributed by atoms with Gasteiger partial charge in [-0.15, -0.1) is 11.8 Å². The Bertz CT molecular complexity index is 801. The number of rotatable bonds is 7. The molecule has 0 unspecified atom stereocenters. The number of hydrazine groups is 1. The Morgan fingerprint density at radius 3 is 2.38 bits per heavy atom. The van der Waals surface area contributed by atoms with Gasteiger partial charge >= 0.3 is 0 Å². The number of ether oxygens (including phenoxy) is 1. The SMILES string of the molecule is O=C(COc1ccccc1Cl)NNC(=O)CSc1ccc([N+](=O)[O-])cc1. The third-order valence-electron chi connectivity index (χ3n) is 2.95. The van der Waals surface area contributed by atoms with E-state index in [9.17, 15) is 19.7 Å². The van der Waals surface area contributed by atoms with E-state index < -0.39 is 16.7 Å². The maximum absolute atomic E-state index is 11.7. The molecule has 2 rings (SSSR count). The number of hydrogen-bond donors (Lipinski definition) is 2. The highest BCUT2D eigenvalue weighted by molar-refractivity contribution is 8.00. The molecule has 0 saturated carbocycles. The number of non-ortho nitro benzene ring substituents is 1. The predicted octanol–water partition coefficient (Wildman–Crippen LogP) is 2.57. The normalized spacial score (nSPS) is 10.0. The predicted molar refractivity (Wildman–Crippen MR) is 97.1 cm³/mol. The van der Waals surface area contributed by atoms with E-state index >= 15 is 0 Å². The maximum atomic E-state index is 11.7. The Hall–Kier alpha value is -2.78. The third-order valence-corrected chi connectivity index (χ3v) is 4.28. The van der Waals surface area contributed by atoms with E-state index in [0.717, 1.165) is 0 Å². The Morgan fingerprint density at radius 2 is 1.73 bits per heavy atom. The highest BCUT2D eigenvalue weighted by atomic mass is 35.5. The number of para-hydroxylation sites is 1. The molecule has 0 fully saturated rings. The van der Waals surface area contributed by atoms with Gasteiger partial charge in [-0.05, 0) is 24.3 Å². The lowest BCUT2D eigenvalue weighted by Crippen LogP contribution is -2.44. The zero-order valence-corrected chi connectivity index (χ0v) is 14.9. The Morgan fingerprint density at radius 1 is 1.08 bits per heavy atom. The molecule has 8 nitrogen and oxygen atoms in total. The van der Waals surface area contributed by atoms with Crippen LogP contribution >= 0.6 is 23.4 Å². The van der Waals surface area contributed by atoms with Gasteiger partial charge in [0.05, 0.1) is 15.7 Å². The van der Waals surface area contributed by atoms with E-state index in [1.807, 2.05) is 0 Å². The second-order valence-electron chi connectivity index (χ2n) is 4.86. The molecule has 2 amide bonds. The molecule has 0 aliphatic carbocycles. The van der Waals surface area contributed by atoms with Gasteiger partial charge in [-0.2, -0.15) is 0 Å². The van der Waals surface area contributed by atoms with Crippen LogP contribution in [0.3, 0.4) is 0 Å². The van der Waals surface area contributed by atoms with E-state index in [2.05, 4.69) is 10.9 Å². The number of benzene rings is 2. The molecule has 0 aromatic heterocycles. The summed E-state index contributed by atoms with van der Waals surface area (Å²) in [5.41, 5.74) is 4.45. The van der Waals surface area contributed by atoms with Crippen LogP contribution in [0, 0.1) is 10.1 Å². The first kappa shape index (κ1) is 19.5. The third kappa shape index (κ3) is 6.26. The van der Waals surface area contributed by atoms with Gasteiger partial charge in [-0.3, -0.25) is 30.6 Å². The van der Waals surface area contributed by atoms with Crippen molar-refractivity contribution in [2.75, 3.05) is 12.4 Å². The second-order valence-corrected chi connectivity index (χ2v) is 6.31. The molecule has 0 atom stereocenters. The van der Waals surface area contributed by atoms with E-state index in [0.29, 0.717) is 15.7 Å². The molecule has 0 bridgehead atoms. The van der Waals surface area contributed by atoms with Gasteiger partial charge in [0.2, 0.25) is 5.91 Å². The van der Waals surface area contributed by atoms with Gasteiger partial charge in [0.15, 0.2) is 6.61 Å². The van der Waals surface area contributed by atoms with Crippen LogP contribution in [0.4, 0.5) is 5.69 Å². The van der Waals surface area contributed by atoms with Gasteiger partial charge < -0.3 is 4.74 Å². The summed E-state index contributed by atoms with van der Waals surface area (Å²) in [7, 11) is 0. The van der Waals surface area contributed by atoms with Gasteiger partial charge in [-0.25, -0.2) is 0 Å². The van der Waals surface area contributed by atoms with Gasteiger partial charge in [0.25, 0.3) is 11.6 Å². The maximum Gasteiger partial charge on any atom is 0.276 e. The molecule has 0 heterocycles. The lowest BCUT2D eigenvalue weighted by Gasteiger charge is -2.09. The summed E-state index contributed by atoms with van der Waals surface area (Å²) >= 11 is 7.07. The van der Waals surface area contributed by atoms with Crippen LogP contribution in [-0.4, -0.2) is 29.1 Å². The first-order chi connectivity index (χ1) is 12.5. The first-order valence-electron chi connectivity index (χ1n) is 7.28. The van der Waals surface area contributed by atoms with Crippen LogP contribution in [0.25, 0.3) is 0 Å². The highest BCUT2D eigenvalue weighted by Gasteiger charge is 2.09. The molecule has 0 aliphatic rings. The van der Waals surface area contributed by atoms with Gasteiger partial charge in [-0.1, -0.05) is 23.7 Å². The zero-order valence-electron chi connectivity index (χ0n) is 13.3. The van der Waals surface area contributed by atoms with Crippen molar-refractivity contribution < 1.29 is 19.2 Å². The summed E-state index contributed by atoms with van der Waals surface area (Å²) in [6.45, 7) is -0.306. The van der Waals surface area contributed by atoms with Crippen molar-refractivity contribution in [1.29, 1.82) is 0 Å². The minimum Gasteiger partial charge on any atom is -0.482 e. The summed E-state index contributed by atoms with van der Waals surface area (Å²) < 4.78 is 5.24. The van der Waals surface area contributed by atoms with Crippen LogP contribution in [0.15, 0.2) is 53.4 Å². The number of amides is 2. The van der Waals surface area contributed by atoms with Crippen LogP contribution in [0.2, 0.25) is 5.02 Å². The van der Waals surface area contributed by atoms with Crippen LogP contribution in [0.5, 0.6) is 5.75 Å². The Labute approximate surface area is 158 Å². The van der Waals surface area contributed by atoms with E-state index in [1.54, 1.807) is 36.4 Å². The lowest BCUT2D eigenvalue weighted by molar-refractivity contribution is -0.384. The van der Waals surface area contributed by atoms with Crippen LogP contribution < -0.4 is 15.6 Å². The summed E-state index contributed by atoms with van der Waals surface area (Å²) in [5.74, 6) is -0.578. The van der Waals surface area contributed by atoms with Gasteiger partial charge in [0.1, 0.15) is 5.75 Å². The number of carbonyl (C=O) groups excluding carboxylic acids is 2. The van der Waals surface area contributed by atoms with Crippen molar-refractivity contribution in [3.05, 3.63) is 63.7 Å². The number of carbonyl (C=O) groups is 2. The fraction of sp³-hybridized carbons (Fsp3) is 0.125. The number of nitro benzene ring substituents is 1. The summed E-state index contributed by atoms with van der Waals surface area (Å²) in [5, 5.41) is 10.9. The number of nitrogens with one attached hydrogen (secondary N) is 2. The fourth-order valence-electron chi connectivity index (χ4n) is 1.73. The molecular weight excluding hydrogens is 382 g/mol. The molecule has 0 saturated heterocycles. The van der Waals surface area contributed by atoms with Crippen molar-refractivity contribution >= 4 is 40.9 Å². The van der Waals surface area contributed by atoms with Crippen molar-refractivity contribution in [1.82, 2.24) is 10.9 Å². The second kappa shape index (κ2) is 9.64. The molecular formula is C16H14ClN3O5S. The Balaban J connectivity index is 1.68. The topological polar surface area (TPSA) is 111 Å². The lowest BCUT2D eigenvalue weighted by atomic mass is 10.3. The fourth-order valence-corrected chi connectivity index (χ4v) is 2.62. The van der Waals surface area contributed by atoms with Crippen molar-refractivity contribution in [2.45, 2.75) is 4.90 Å². The molecule has 0 aliphatic heterocycles. The number of nitro groups is 1. The molecule has 2 N–H and O–H groups in total. The smallest absolute Gasteiger partial charge is 0.276 e. The summed E-state index contributed by atoms with van der Waals surface area (Å²) in [6, 6.07) is 12.5. The highest BCUT2D eigenvalue weighted by Crippen LogP contribution is 2.23. The zero-order chi connectivity index (χ0) is 18.9. The number of hydrogen-bond acceptors (Lipinski definition) is 6. The Kier molecular flexibility index (Phi) is 7.24. The average molecular weight is 396 g/mol. The van der Waals surface area contributed by atoms with Crippen LogP contribution in [-0.2, 0) is 9.59 Å². The minimum atomic E-state index is -0.543. The molecule has 10 heteroatoms. The first-order valence-corrected chi connectivity index (χ1v) is 8.64. The van der Waals surface area contributed by atoms with E-state index in [4.69, 9.17) is 16.3 Å².